The lowest BCUT2D eigenvalue weighted by Crippen LogP contribution is -2.57. The third-order valence-electron chi connectivity index (χ3n) is 5.27. The van der Waals surface area contributed by atoms with Crippen LogP contribution in [0.4, 0.5) is 5.82 Å². The summed E-state index contributed by atoms with van der Waals surface area (Å²) in [6, 6.07) is 4.44. The summed E-state index contributed by atoms with van der Waals surface area (Å²) in [7, 11) is 0. The van der Waals surface area contributed by atoms with Crippen molar-refractivity contribution in [2.24, 2.45) is 5.41 Å². The van der Waals surface area contributed by atoms with Crippen LogP contribution in [0.1, 0.15) is 58.3 Å². The van der Waals surface area contributed by atoms with E-state index in [1.165, 1.54) is 0 Å². The first kappa shape index (κ1) is 22.5. The summed E-state index contributed by atoms with van der Waals surface area (Å²) in [5.41, 5.74) is 0.325. The predicted octanol–water partition coefficient (Wildman–Crippen LogP) is 3.21. The van der Waals surface area contributed by atoms with Gasteiger partial charge in [0.2, 0.25) is 0 Å². The maximum atomic E-state index is 11.9. The normalized spacial score (nSPS) is 21.0. The van der Waals surface area contributed by atoms with Crippen LogP contribution < -0.4 is 4.90 Å². The van der Waals surface area contributed by atoms with Crippen molar-refractivity contribution in [2.75, 3.05) is 37.7 Å². The minimum absolute atomic E-state index is 0.120. The van der Waals surface area contributed by atoms with E-state index in [1.54, 1.807) is 6.20 Å². The summed E-state index contributed by atoms with van der Waals surface area (Å²) in [5, 5.41) is 0. The minimum atomic E-state index is -0.348. The molecule has 1 aromatic heterocycles. The van der Waals surface area contributed by atoms with Crippen molar-refractivity contribution in [3.05, 3.63) is 23.9 Å². The van der Waals surface area contributed by atoms with E-state index in [-0.39, 0.29) is 23.6 Å². The number of anilines is 1. The number of ketones is 2. The number of hydrogen-bond acceptors (Lipinski definition) is 6. The molecule has 0 radical (unpaired) electrons. The quantitative estimate of drug-likeness (QED) is 0.503. The van der Waals surface area contributed by atoms with Crippen LogP contribution in [0.25, 0.3) is 0 Å². The van der Waals surface area contributed by atoms with Crippen molar-refractivity contribution in [3.63, 3.8) is 0 Å². The summed E-state index contributed by atoms with van der Waals surface area (Å²) in [6.07, 6.45) is 2.18. The molecule has 0 N–H and O–H groups in total. The predicted molar refractivity (Wildman–Crippen MR) is 112 cm³/mol. The van der Waals surface area contributed by atoms with E-state index in [2.05, 4.69) is 28.6 Å². The summed E-state index contributed by atoms with van der Waals surface area (Å²) >= 11 is 0. The Morgan fingerprint density at radius 2 is 1.82 bits per heavy atom. The van der Waals surface area contributed by atoms with Crippen LogP contribution >= 0.6 is 0 Å². The van der Waals surface area contributed by atoms with E-state index in [1.807, 2.05) is 39.8 Å². The van der Waals surface area contributed by atoms with Gasteiger partial charge in [-0.05, 0) is 26.0 Å². The van der Waals surface area contributed by atoms with Gasteiger partial charge in [-0.3, -0.25) is 14.5 Å². The number of ether oxygens (including phenoxy) is 1. The van der Waals surface area contributed by atoms with Gasteiger partial charge in [-0.1, -0.05) is 27.7 Å². The van der Waals surface area contributed by atoms with E-state index in [0.29, 0.717) is 30.7 Å². The van der Waals surface area contributed by atoms with E-state index in [9.17, 15) is 9.59 Å². The Kier molecular flexibility index (Phi) is 7.72. The summed E-state index contributed by atoms with van der Waals surface area (Å²) in [5.74, 6) is 1.17. The molecule has 2 rings (SSSR count). The lowest BCUT2D eigenvalue weighted by molar-refractivity contribution is -0.131. The highest BCUT2D eigenvalue weighted by Crippen LogP contribution is 2.23. The number of aromatic nitrogens is 1. The van der Waals surface area contributed by atoms with Crippen LogP contribution in [0.2, 0.25) is 0 Å². The van der Waals surface area contributed by atoms with Crippen LogP contribution in [0, 0.1) is 5.41 Å². The van der Waals surface area contributed by atoms with Gasteiger partial charge in [0.1, 0.15) is 12.4 Å². The maximum absolute atomic E-state index is 11.9. The number of carbonyl (C=O) groups is 2. The summed E-state index contributed by atoms with van der Waals surface area (Å²) in [6.45, 7) is 15.4. The molecule has 6 heteroatoms. The first-order valence-corrected chi connectivity index (χ1v) is 10.2. The van der Waals surface area contributed by atoms with Gasteiger partial charge in [0.25, 0.3) is 0 Å². The molecule has 1 aromatic rings. The largest absolute Gasteiger partial charge is 0.372 e. The third-order valence-corrected chi connectivity index (χ3v) is 5.27. The van der Waals surface area contributed by atoms with Crippen LogP contribution in [0.3, 0.4) is 0 Å². The molecule has 156 valence electrons. The monoisotopic (exact) mass is 389 g/mol. The zero-order valence-corrected chi connectivity index (χ0v) is 18.2. The number of rotatable bonds is 8. The van der Waals surface area contributed by atoms with Crippen molar-refractivity contribution >= 4 is 17.4 Å². The number of hydrogen-bond donors (Lipinski definition) is 0. The Morgan fingerprint density at radius 3 is 2.32 bits per heavy atom. The summed E-state index contributed by atoms with van der Waals surface area (Å²) in [4.78, 5) is 33.0. The Hall–Kier alpha value is -1.79. The van der Waals surface area contributed by atoms with Crippen molar-refractivity contribution < 1.29 is 14.3 Å². The van der Waals surface area contributed by atoms with Gasteiger partial charge < -0.3 is 9.64 Å². The van der Waals surface area contributed by atoms with E-state index < -0.39 is 0 Å². The van der Waals surface area contributed by atoms with Crippen LogP contribution in [0.15, 0.2) is 18.3 Å². The second kappa shape index (κ2) is 9.61. The fraction of sp³-hybridized carbons (Fsp3) is 0.682. The molecule has 0 spiro atoms. The van der Waals surface area contributed by atoms with Gasteiger partial charge in [-0.25, -0.2) is 4.98 Å². The Bertz CT molecular complexity index is 655. The lowest BCUT2D eigenvalue weighted by Gasteiger charge is -2.45. The van der Waals surface area contributed by atoms with Crippen molar-refractivity contribution in [1.82, 2.24) is 9.88 Å². The van der Waals surface area contributed by atoms with Gasteiger partial charge in [0, 0.05) is 55.3 Å². The highest BCUT2D eigenvalue weighted by atomic mass is 16.5. The van der Waals surface area contributed by atoms with Crippen LogP contribution in [-0.2, 0) is 9.53 Å². The van der Waals surface area contributed by atoms with Crippen LogP contribution in [-0.4, -0.2) is 66.4 Å². The first-order chi connectivity index (χ1) is 13.1. The molecular weight excluding hydrogens is 354 g/mol. The fourth-order valence-electron chi connectivity index (χ4n) is 3.55. The lowest BCUT2D eigenvalue weighted by atomic mass is 9.91. The molecule has 2 heterocycles. The number of pyridine rings is 1. The average Bonchev–Trinajstić information content (AvgIpc) is 2.63. The Balaban J connectivity index is 1.86. The van der Waals surface area contributed by atoms with Crippen molar-refractivity contribution in [1.29, 1.82) is 0 Å². The minimum Gasteiger partial charge on any atom is -0.372 e. The fourth-order valence-corrected chi connectivity index (χ4v) is 3.55. The van der Waals surface area contributed by atoms with E-state index in [0.717, 1.165) is 25.5 Å². The third kappa shape index (κ3) is 5.85. The van der Waals surface area contributed by atoms with E-state index >= 15 is 0 Å². The van der Waals surface area contributed by atoms with Gasteiger partial charge in [0.15, 0.2) is 11.6 Å². The molecule has 0 amide bonds. The summed E-state index contributed by atoms with van der Waals surface area (Å²) < 4.78 is 5.60. The number of nitrogens with zero attached hydrogens (tertiary/aromatic N) is 3. The molecule has 0 aliphatic carbocycles. The Morgan fingerprint density at radius 1 is 1.18 bits per heavy atom. The standard InChI is InChI=1S/C22H35N3O3/c1-7-19(26)18-8-9-21(23-12-18)25-16(2)13-24(14-17(25)3)10-11-28-15-20(27)22(4,5)6/h8-9,12,16-17H,7,10-11,13-15H2,1-6H3/t16-,17+. The Labute approximate surface area is 169 Å². The second-order valence-corrected chi connectivity index (χ2v) is 8.77. The molecule has 0 saturated carbocycles. The highest BCUT2D eigenvalue weighted by molar-refractivity contribution is 5.95. The van der Waals surface area contributed by atoms with Crippen molar-refractivity contribution in [3.8, 4) is 0 Å². The van der Waals surface area contributed by atoms with Gasteiger partial charge in [-0.2, -0.15) is 0 Å². The topological polar surface area (TPSA) is 62.7 Å². The molecule has 0 unspecified atom stereocenters. The van der Waals surface area contributed by atoms with Crippen molar-refractivity contribution in [2.45, 2.75) is 60.0 Å². The van der Waals surface area contributed by atoms with Crippen LogP contribution in [0.5, 0.6) is 0 Å². The number of carbonyl (C=O) groups excluding carboxylic acids is 2. The highest BCUT2D eigenvalue weighted by Gasteiger charge is 2.30. The molecule has 2 atom stereocenters. The molecule has 6 nitrogen and oxygen atoms in total. The molecule has 1 aliphatic heterocycles. The number of piperazine rings is 1. The van der Waals surface area contributed by atoms with Gasteiger partial charge in [0.05, 0.1) is 6.61 Å². The zero-order valence-electron chi connectivity index (χ0n) is 18.2. The molecule has 28 heavy (non-hydrogen) atoms. The van der Waals surface area contributed by atoms with E-state index in [4.69, 9.17) is 4.74 Å². The molecule has 1 saturated heterocycles. The molecule has 0 bridgehead atoms. The molecule has 1 aliphatic rings. The molecule has 1 fully saturated rings. The zero-order chi connectivity index (χ0) is 20.9. The second-order valence-electron chi connectivity index (χ2n) is 8.77. The maximum Gasteiger partial charge on any atom is 0.164 e. The van der Waals surface area contributed by atoms with Gasteiger partial charge >= 0.3 is 0 Å². The SMILES string of the molecule is CCC(=O)c1ccc(N2[C@H](C)CN(CCOCC(=O)C(C)(C)C)C[C@@H]2C)nc1. The number of Topliss-reactive ketones (excluding diaryl/α,β-unsaturated/α-hetero) is 2. The molecular formula is C22H35N3O3. The average molecular weight is 390 g/mol. The smallest absolute Gasteiger partial charge is 0.164 e. The van der Waals surface area contributed by atoms with Gasteiger partial charge in [-0.15, -0.1) is 0 Å². The molecule has 0 aromatic carbocycles. The first-order valence-electron chi connectivity index (χ1n) is 10.2.